The van der Waals surface area contributed by atoms with Gasteiger partial charge in [-0.05, 0) is 13.5 Å². The number of aliphatic hydroxyl groups excluding tert-OH is 1. The lowest BCUT2D eigenvalue weighted by Gasteiger charge is -2.34. The maximum Gasteiger partial charge on any atom is 0.281 e. The Hall–Kier alpha value is -0.210. The van der Waals surface area contributed by atoms with E-state index in [0.29, 0.717) is 26.1 Å². The van der Waals surface area contributed by atoms with Crippen LogP contribution in [0.2, 0.25) is 0 Å². The summed E-state index contributed by atoms with van der Waals surface area (Å²) in [4.78, 5) is 2.11. The summed E-state index contributed by atoms with van der Waals surface area (Å²) in [5.41, 5.74) is 0. The van der Waals surface area contributed by atoms with Crippen LogP contribution in [-0.4, -0.2) is 80.5 Å². The third-order valence-corrected chi connectivity index (χ3v) is 4.80. The van der Waals surface area contributed by atoms with Crippen molar-refractivity contribution in [2.75, 3.05) is 53.4 Å². The van der Waals surface area contributed by atoms with Crippen LogP contribution >= 0.6 is 0 Å². The van der Waals surface area contributed by atoms with Gasteiger partial charge in [0.15, 0.2) is 0 Å². The standard InChI is InChI=1S/C9H21N3O3S/c1-10-5-7-12(8-6-10)16(14,15)11(2)4-3-9-13/h13H,3-9H2,1-2H3. The molecule has 1 fully saturated rings. The molecule has 0 unspecified atom stereocenters. The van der Waals surface area contributed by atoms with E-state index in [-0.39, 0.29) is 6.61 Å². The van der Waals surface area contributed by atoms with E-state index in [4.69, 9.17) is 5.11 Å². The Labute approximate surface area is 97.6 Å². The summed E-state index contributed by atoms with van der Waals surface area (Å²) in [5, 5.41) is 8.68. The average molecular weight is 251 g/mol. The molecule has 0 aliphatic carbocycles. The van der Waals surface area contributed by atoms with Crippen LogP contribution in [0.15, 0.2) is 0 Å². The Balaban J connectivity index is 2.56. The fourth-order valence-corrected chi connectivity index (χ4v) is 3.00. The topological polar surface area (TPSA) is 64.1 Å². The quantitative estimate of drug-likeness (QED) is 0.666. The first-order valence-corrected chi connectivity index (χ1v) is 6.89. The van der Waals surface area contributed by atoms with Crippen molar-refractivity contribution in [2.24, 2.45) is 0 Å². The van der Waals surface area contributed by atoms with E-state index >= 15 is 0 Å². The Bertz CT molecular complexity index is 299. The Kier molecular flexibility index (Phi) is 5.13. The first-order chi connectivity index (χ1) is 7.48. The first kappa shape index (κ1) is 13.9. The average Bonchev–Trinajstić information content (AvgIpc) is 2.26. The van der Waals surface area contributed by atoms with E-state index in [1.807, 2.05) is 7.05 Å². The molecule has 96 valence electrons. The minimum Gasteiger partial charge on any atom is -0.396 e. The SMILES string of the molecule is CN1CCN(S(=O)(=O)N(C)CCCO)CC1. The molecule has 0 radical (unpaired) electrons. The smallest absolute Gasteiger partial charge is 0.281 e. The van der Waals surface area contributed by atoms with Crippen LogP contribution < -0.4 is 0 Å². The molecule has 0 saturated carbocycles. The molecule has 0 aromatic heterocycles. The summed E-state index contributed by atoms with van der Waals surface area (Å²) in [6.07, 6.45) is 0.476. The maximum atomic E-state index is 12.0. The molecular weight excluding hydrogens is 230 g/mol. The van der Waals surface area contributed by atoms with Crippen molar-refractivity contribution in [3.05, 3.63) is 0 Å². The van der Waals surface area contributed by atoms with Crippen molar-refractivity contribution in [3.63, 3.8) is 0 Å². The van der Waals surface area contributed by atoms with Crippen molar-refractivity contribution in [2.45, 2.75) is 6.42 Å². The van der Waals surface area contributed by atoms with E-state index in [1.54, 1.807) is 7.05 Å². The van der Waals surface area contributed by atoms with Crippen LogP contribution in [0.5, 0.6) is 0 Å². The molecule has 1 N–H and O–H groups in total. The molecule has 1 aliphatic heterocycles. The lowest BCUT2D eigenvalue weighted by atomic mass is 10.4. The van der Waals surface area contributed by atoms with Gasteiger partial charge in [0.1, 0.15) is 0 Å². The number of hydrogen-bond donors (Lipinski definition) is 1. The molecule has 7 heteroatoms. The normalized spacial score (nSPS) is 20.5. The highest BCUT2D eigenvalue weighted by atomic mass is 32.2. The van der Waals surface area contributed by atoms with Crippen LogP contribution in [0.25, 0.3) is 0 Å². The first-order valence-electron chi connectivity index (χ1n) is 5.49. The van der Waals surface area contributed by atoms with Gasteiger partial charge in [-0.3, -0.25) is 0 Å². The number of rotatable bonds is 5. The van der Waals surface area contributed by atoms with E-state index in [0.717, 1.165) is 13.1 Å². The second-order valence-electron chi connectivity index (χ2n) is 4.11. The molecule has 1 saturated heterocycles. The molecule has 0 aromatic rings. The molecule has 6 nitrogen and oxygen atoms in total. The van der Waals surface area contributed by atoms with Crippen molar-refractivity contribution in [1.82, 2.24) is 13.5 Å². The molecule has 1 heterocycles. The van der Waals surface area contributed by atoms with Crippen LogP contribution in [-0.2, 0) is 10.2 Å². The van der Waals surface area contributed by atoms with Crippen molar-refractivity contribution in [3.8, 4) is 0 Å². The molecule has 0 spiro atoms. The molecular formula is C9H21N3O3S. The van der Waals surface area contributed by atoms with Crippen LogP contribution in [0, 0.1) is 0 Å². The van der Waals surface area contributed by atoms with Gasteiger partial charge in [0.05, 0.1) is 0 Å². The third kappa shape index (κ3) is 3.39. The number of aliphatic hydroxyl groups is 1. The largest absolute Gasteiger partial charge is 0.396 e. The van der Waals surface area contributed by atoms with Gasteiger partial charge in [-0.25, -0.2) is 0 Å². The van der Waals surface area contributed by atoms with Gasteiger partial charge in [0, 0.05) is 46.4 Å². The molecule has 1 aliphatic rings. The van der Waals surface area contributed by atoms with Gasteiger partial charge in [-0.1, -0.05) is 0 Å². The molecule has 0 amide bonds. The summed E-state index contributed by atoms with van der Waals surface area (Å²) < 4.78 is 26.9. The zero-order chi connectivity index (χ0) is 12.2. The highest BCUT2D eigenvalue weighted by Crippen LogP contribution is 2.10. The Morgan fingerprint density at radius 1 is 1.25 bits per heavy atom. The lowest BCUT2D eigenvalue weighted by molar-refractivity contribution is 0.211. The van der Waals surface area contributed by atoms with Crippen molar-refractivity contribution >= 4 is 10.2 Å². The van der Waals surface area contributed by atoms with E-state index in [1.165, 1.54) is 8.61 Å². The minimum absolute atomic E-state index is 0.0165. The van der Waals surface area contributed by atoms with Crippen LogP contribution in [0.4, 0.5) is 0 Å². The van der Waals surface area contributed by atoms with Gasteiger partial charge in [-0.15, -0.1) is 0 Å². The molecule has 0 aromatic carbocycles. The van der Waals surface area contributed by atoms with Crippen LogP contribution in [0.1, 0.15) is 6.42 Å². The van der Waals surface area contributed by atoms with Gasteiger partial charge in [-0.2, -0.15) is 17.0 Å². The van der Waals surface area contributed by atoms with E-state index in [9.17, 15) is 8.42 Å². The van der Waals surface area contributed by atoms with Gasteiger partial charge in [0.2, 0.25) is 0 Å². The second-order valence-corrected chi connectivity index (χ2v) is 6.14. The zero-order valence-electron chi connectivity index (χ0n) is 9.96. The van der Waals surface area contributed by atoms with E-state index in [2.05, 4.69) is 4.90 Å². The minimum atomic E-state index is -3.33. The number of hydrogen-bond acceptors (Lipinski definition) is 4. The van der Waals surface area contributed by atoms with Gasteiger partial charge < -0.3 is 10.0 Å². The lowest BCUT2D eigenvalue weighted by Crippen LogP contribution is -2.51. The fourth-order valence-electron chi connectivity index (χ4n) is 1.62. The van der Waals surface area contributed by atoms with Crippen molar-refractivity contribution < 1.29 is 13.5 Å². The summed E-state index contributed by atoms with van der Waals surface area (Å²) in [6.45, 7) is 3.01. The maximum absolute atomic E-state index is 12.0. The third-order valence-electron chi connectivity index (χ3n) is 2.81. The zero-order valence-corrected chi connectivity index (χ0v) is 10.8. The number of piperazine rings is 1. The molecule has 0 atom stereocenters. The highest BCUT2D eigenvalue weighted by molar-refractivity contribution is 7.86. The summed E-state index contributed by atoms with van der Waals surface area (Å²) >= 11 is 0. The van der Waals surface area contributed by atoms with Crippen LogP contribution in [0.3, 0.4) is 0 Å². The summed E-state index contributed by atoms with van der Waals surface area (Å²) in [7, 11) is 0.216. The summed E-state index contributed by atoms with van der Waals surface area (Å²) in [5.74, 6) is 0. The van der Waals surface area contributed by atoms with Gasteiger partial charge >= 0.3 is 0 Å². The number of likely N-dealkylation sites (N-methyl/N-ethyl adjacent to an activating group) is 1. The second kappa shape index (κ2) is 5.92. The fraction of sp³-hybridized carbons (Fsp3) is 1.00. The number of nitrogens with zero attached hydrogens (tertiary/aromatic N) is 3. The molecule has 1 rings (SSSR count). The summed E-state index contributed by atoms with van der Waals surface area (Å²) in [6, 6.07) is 0. The Morgan fingerprint density at radius 3 is 2.31 bits per heavy atom. The predicted octanol–water partition coefficient (Wildman–Crippen LogP) is -1.21. The monoisotopic (exact) mass is 251 g/mol. The molecule has 16 heavy (non-hydrogen) atoms. The van der Waals surface area contributed by atoms with Crippen molar-refractivity contribution in [1.29, 1.82) is 0 Å². The van der Waals surface area contributed by atoms with E-state index < -0.39 is 10.2 Å². The highest BCUT2D eigenvalue weighted by Gasteiger charge is 2.28. The van der Waals surface area contributed by atoms with Gasteiger partial charge in [0.25, 0.3) is 10.2 Å². The molecule has 0 bridgehead atoms. The predicted molar refractivity (Wildman–Crippen MR) is 62.3 cm³/mol. The Morgan fingerprint density at radius 2 is 1.81 bits per heavy atom.